The van der Waals surface area contributed by atoms with Gasteiger partial charge in [-0.3, -0.25) is 4.79 Å². The first-order chi connectivity index (χ1) is 12.7. The van der Waals surface area contributed by atoms with Gasteiger partial charge >= 0.3 is 5.97 Å². The van der Waals surface area contributed by atoms with Crippen LogP contribution < -0.4 is 4.80 Å². The standard InChI is InChI=1S/C17H21N3O5S2/c1-19-13-7-6-11(16(22)25-2)9-14(13)26-17(19)18-15(21)12-5-4-8-20(10-12)27(3,23)24/h6-7,9,12H,4-5,8,10H2,1-3H3. The van der Waals surface area contributed by atoms with Gasteiger partial charge in [-0.25, -0.2) is 17.5 Å². The number of carbonyl (C=O) groups is 2. The molecule has 2 heterocycles. The molecule has 1 saturated heterocycles. The van der Waals surface area contributed by atoms with Gasteiger partial charge in [-0.05, 0) is 31.0 Å². The number of carbonyl (C=O) groups excluding carboxylic acids is 2. The number of hydrogen-bond acceptors (Lipinski definition) is 6. The van der Waals surface area contributed by atoms with Crippen molar-refractivity contribution in [1.29, 1.82) is 0 Å². The number of aryl methyl sites for hydroxylation is 1. The number of piperidine rings is 1. The summed E-state index contributed by atoms with van der Waals surface area (Å²) in [6.07, 6.45) is 2.41. The number of amides is 1. The van der Waals surface area contributed by atoms with Crippen molar-refractivity contribution in [1.82, 2.24) is 8.87 Å². The van der Waals surface area contributed by atoms with Crippen LogP contribution in [0.15, 0.2) is 23.2 Å². The quantitative estimate of drug-likeness (QED) is 0.705. The number of rotatable bonds is 3. The Labute approximate surface area is 161 Å². The lowest BCUT2D eigenvalue weighted by Gasteiger charge is -2.28. The summed E-state index contributed by atoms with van der Waals surface area (Å²) in [7, 11) is -0.194. The second kappa shape index (κ2) is 7.53. The number of esters is 1. The second-order valence-electron chi connectivity index (χ2n) is 6.53. The molecule has 1 fully saturated rings. The molecular weight excluding hydrogens is 390 g/mol. The van der Waals surface area contributed by atoms with E-state index in [-0.39, 0.29) is 12.5 Å². The molecule has 1 aliphatic heterocycles. The van der Waals surface area contributed by atoms with Gasteiger partial charge in [-0.1, -0.05) is 11.3 Å². The molecule has 1 aliphatic rings. The lowest BCUT2D eigenvalue weighted by molar-refractivity contribution is -0.122. The minimum absolute atomic E-state index is 0.169. The van der Waals surface area contributed by atoms with Crippen LogP contribution in [0.25, 0.3) is 10.2 Å². The molecule has 0 N–H and O–H groups in total. The number of ether oxygens (including phenoxy) is 1. The van der Waals surface area contributed by atoms with Crippen molar-refractivity contribution >= 4 is 43.5 Å². The van der Waals surface area contributed by atoms with Crippen molar-refractivity contribution in [2.45, 2.75) is 12.8 Å². The highest BCUT2D eigenvalue weighted by molar-refractivity contribution is 7.88. The fourth-order valence-corrected chi connectivity index (χ4v) is 5.09. The van der Waals surface area contributed by atoms with Crippen molar-refractivity contribution in [3.05, 3.63) is 28.6 Å². The minimum Gasteiger partial charge on any atom is -0.465 e. The molecule has 1 aromatic carbocycles. The number of nitrogens with zero attached hydrogens (tertiary/aromatic N) is 3. The summed E-state index contributed by atoms with van der Waals surface area (Å²) in [6, 6.07) is 5.16. The smallest absolute Gasteiger partial charge is 0.337 e. The molecule has 1 atom stereocenters. The van der Waals surface area contributed by atoms with Gasteiger partial charge in [0.05, 0.1) is 35.1 Å². The van der Waals surface area contributed by atoms with E-state index in [9.17, 15) is 18.0 Å². The van der Waals surface area contributed by atoms with Crippen LogP contribution >= 0.6 is 11.3 Å². The van der Waals surface area contributed by atoms with E-state index in [1.165, 1.54) is 22.8 Å². The molecule has 8 nitrogen and oxygen atoms in total. The second-order valence-corrected chi connectivity index (χ2v) is 9.52. The third kappa shape index (κ3) is 4.12. The molecule has 146 valence electrons. The maximum absolute atomic E-state index is 12.6. The zero-order chi connectivity index (χ0) is 19.8. The summed E-state index contributed by atoms with van der Waals surface area (Å²) in [5.74, 6) is -1.19. The van der Waals surface area contributed by atoms with Gasteiger partial charge in [0, 0.05) is 20.1 Å². The van der Waals surface area contributed by atoms with Crippen molar-refractivity contribution in [3.63, 3.8) is 0 Å². The molecule has 0 aliphatic carbocycles. The van der Waals surface area contributed by atoms with Crippen molar-refractivity contribution in [2.75, 3.05) is 26.5 Å². The van der Waals surface area contributed by atoms with Gasteiger partial charge in [0.15, 0.2) is 4.80 Å². The average molecular weight is 412 g/mol. The van der Waals surface area contributed by atoms with E-state index in [4.69, 9.17) is 4.74 Å². The van der Waals surface area contributed by atoms with Gasteiger partial charge in [-0.15, -0.1) is 0 Å². The third-order valence-electron chi connectivity index (χ3n) is 4.64. The zero-order valence-electron chi connectivity index (χ0n) is 15.3. The van der Waals surface area contributed by atoms with E-state index in [1.54, 1.807) is 29.8 Å². The molecule has 0 bridgehead atoms. The monoisotopic (exact) mass is 411 g/mol. The first-order valence-electron chi connectivity index (χ1n) is 8.42. The Morgan fingerprint density at radius 2 is 2.07 bits per heavy atom. The molecule has 1 amide bonds. The van der Waals surface area contributed by atoms with Gasteiger partial charge in [-0.2, -0.15) is 4.99 Å². The zero-order valence-corrected chi connectivity index (χ0v) is 17.0. The summed E-state index contributed by atoms with van der Waals surface area (Å²) in [6.45, 7) is 0.609. The van der Waals surface area contributed by atoms with Crippen LogP contribution in [0, 0.1) is 5.92 Å². The number of benzene rings is 1. The van der Waals surface area contributed by atoms with Crippen molar-refractivity contribution in [2.24, 2.45) is 18.0 Å². The number of thiazole rings is 1. The van der Waals surface area contributed by atoms with E-state index >= 15 is 0 Å². The van der Waals surface area contributed by atoms with Crippen LogP contribution in [0.4, 0.5) is 0 Å². The van der Waals surface area contributed by atoms with E-state index in [0.29, 0.717) is 29.8 Å². The Bertz CT molecular complexity index is 1070. The largest absolute Gasteiger partial charge is 0.465 e. The minimum atomic E-state index is -3.32. The number of hydrogen-bond donors (Lipinski definition) is 0. The number of sulfonamides is 1. The Morgan fingerprint density at radius 3 is 2.74 bits per heavy atom. The molecule has 1 aromatic heterocycles. The predicted octanol–water partition coefficient (Wildman–Crippen LogP) is 1.13. The van der Waals surface area contributed by atoms with Crippen LogP contribution in [0.3, 0.4) is 0 Å². The molecule has 0 saturated carbocycles. The fraction of sp³-hybridized carbons (Fsp3) is 0.471. The number of fused-ring (bicyclic) bond motifs is 1. The maximum Gasteiger partial charge on any atom is 0.337 e. The normalized spacial score (nSPS) is 19.4. The van der Waals surface area contributed by atoms with Crippen LogP contribution in [0.1, 0.15) is 23.2 Å². The summed E-state index contributed by atoms with van der Waals surface area (Å²) >= 11 is 1.30. The van der Waals surface area contributed by atoms with Gasteiger partial charge in [0.1, 0.15) is 0 Å². The molecule has 1 unspecified atom stereocenters. The molecule has 0 spiro atoms. The highest BCUT2D eigenvalue weighted by Gasteiger charge is 2.30. The van der Waals surface area contributed by atoms with Gasteiger partial charge < -0.3 is 9.30 Å². The van der Waals surface area contributed by atoms with E-state index in [0.717, 1.165) is 16.5 Å². The Kier molecular flexibility index (Phi) is 5.50. The van der Waals surface area contributed by atoms with Crippen LogP contribution in [0.5, 0.6) is 0 Å². The predicted molar refractivity (Wildman–Crippen MR) is 102 cm³/mol. The summed E-state index contributed by atoms with van der Waals surface area (Å²) in [5, 5.41) is 0. The third-order valence-corrected chi connectivity index (χ3v) is 7.00. The topological polar surface area (TPSA) is 98.0 Å². The maximum atomic E-state index is 12.6. The average Bonchev–Trinajstić information content (AvgIpc) is 2.95. The highest BCUT2D eigenvalue weighted by Crippen LogP contribution is 2.21. The SMILES string of the molecule is COC(=O)c1ccc2c(c1)sc(=NC(=O)C1CCCN(S(C)(=O)=O)C1)n2C. The van der Waals surface area contributed by atoms with E-state index in [2.05, 4.69) is 4.99 Å². The van der Waals surface area contributed by atoms with E-state index in [1.807, 2.05) is 0 Å². The van der Waals surface area contributed by atoms with Crippen molar-refractivity contribution in [3.8, 4) is 0 Å². The van der Waals surface area contributed by atoms with Gasteiger partial charge in [0.25, 0.3) is 5.91 Å². The highest BCUT2D eigenvalue weighted by atomic mass is 32.2. The first kappa shape index (κ1) is 19.7. The van der Waals surface area contributed by atoms with Crippen LogP contribution in [-0.4, -0.2) is 55.6 Å². The molecule has 0 radical (unpaired) electrons. The lowest BCUT2D eigenvalue weighted by atomic mass is 9.99. The molecule has 3 rings (SSSR count). The number of aromatic nitrogens is 1. The Hall–Kier alpha value is -2.04. The van der Waals surface area contributed by atoms with Crippen LogP contribution in [0.2, 0.25) is 0 Å². The van der Waals surface area contributed by atoms with Crippen LogP contribution in [-0.2, 0) is 26.6 Å². The Morgan fingerprint density at radius 1 is 1.33 bits per heavy atom. The summed E-state index contributed by atoms with van der Waals surface area (Å²) in [5.41, 5.74) is 1.28. The molecule has 2 aromatic rings. The molecule has 27 heavy (non-hydrogen) atoms. The van der Waals surface area contributed by atoms with Crippen molar-refractivity contribution < 1.29 is 22.7 Å². The van der Waals surface area contributed by atoms with E-state index < -0.39 is 21.9 Å². The number of methoxy groups -OCH3 is 1. The summed E-state index contributed by atoms with van der Waals surface area (Å²) < 4.78 is 32.1. The van der Waals surface area contributed by atoms with Gasteiger partial charge in [0.2, 0.25) is 10.0 Å². The Balaban J connectivity index is 1.92. The molecular formula is C17H21N3O5S2. The first-order valence-corrected chi connectivity index (χ1v) is 11.1. The lowest BCUT2D eigenvalue weighted by Crippen LogP contribution is -2.41. The fourth-order valence-electron chi connectivity index (χ4n) is 3.12. The molecule has 10 heteroatoms. The summed E-state index contributed by atoms with van der Waals surface area (Å²) in [4.78, 5) is 29.1.